The van der Waals surface area contributed by atoms with Crippen molar-refractivity contribution in [2.24, 2.45) is 0 Å². The van der Waals surface area contributed by atoms with Gasteiger partial charge >= 0.3 is 35.8 Å². The average molecular weight is 2370 g/mol. The summed E-state index contributed by atoms with van der Waals surface area (Å²) in [6.45, 7) is 26.1. The number of ether oxygens (including phenoxy) is 12. The SMILES string of the molecule is CCC(=O)Oc1cccc(Br)c1COc1ccc(C)cc1Br.CCC(=O)Oc1cccc(C)c1COc1ccc(C)cc1Br.CCC(=O)Oc1cccc(Cl)c1COc1ccc(C)cc1Br.CCC(=O)Oc1cccc(F)c1COc1ccc(C)cc1Br.CCC(=O)Oc1cccc(I)c1COc1ccc(C)cc1Br.CCC(=O)Oc1ccccc1COc1ccc(C)cc1Br. The molecule has 0 bridgehead atoms. The zero-order chi connectivity index (χ0) is 95.8. The predicted octanol–water partition coefficient (Wildman–Crippen LogP) is 30.4. The minimum absolute atomic E-state index is 0.0271. The summed E-state index contributed by atoms with van der Waals surface area (Å²) in [4.78, 5) is 68.9. The fraction of sp³-hybridized carbons (Fsp3) is 0.243. The van der Waals surface area contributed by atoms with Crippen molar-refractivity contribution >= 4 is 182 Å². The van der Waals surface area contributed by atoms with Gasteiger partial charge in [-0.25, -0.2) is 4.39 Å². The number of halogens is 10. The summed E-state index contributed by atoms with van der Waals surface area (Å²) >= 11 is 32.7. The molecule has 12 aromatic rings. The Labute approximate surface area is 843 Å². The summed E-state index contributed by atoms with van der Waals surface area (Å²) < 4.78 is 87.8. The van der Waals surface area contributed by atoms with Crippen molar-refractivity contribution in [3.63, 3.8) is 0 Å². The van der Waals surface area contributed by atoms with Crippen molar-refractivity contribution in [2.75, 3.05) is 0 Å². The zero-order valence-corrected chi connectivity index (χ0v) is 88.5. The Hall–Kier alpha value is -9.43. The van der Waals surface area contributed by atoms with E-state index >= 15 is 0 Å². The smallest absolute Gasteiger partial charge is 0.310 e. The van der Waals surface area contributed by atoms with Crippen LogP contribution in [0.2, 0.25) is 5.02 Å². The first-order chi connectivity index (χ1) is 62.6. The topological polar surface area (TPSA) is 213 Å². The summed E-state index contributed by atoms with van der Waals surface area (Å²) in [5.74, 6) is 4.95. The van der Waals surface area contributed by atoms with Crippen LogP contribution in [0.15, 0.2) is 256 Å². The molecule has 12 aromatic carbocycles. The molecule has 0 N–H and O–H groups in total. The highest BCUT2D eigenvalue weighted by Gasteiger charge is 2.21. The lowest BCUT2D eigenvalue weighted by Gasteiger charge is -2.14. The maximum atomic E-state index is 14.0. The number of carbonyl (C=O) groups excluding carboxylic acids is 6. The van der Waals surface area contributed by atoms with Crippen LogP contribution in [0.25, 0.3) is 0 Å². The van der Waals surface area contributed by atoms with E-state index in [2.05, 4.69) is 134 Å². The molecular formula is C103H100Br7ClFIO18. The van der Waals surface area contributed by atoms with E-state index in [1.165, 1.54) is 12.1 Å². The molecule has 0 fully saturated rings. The molecule has 0 radical (unpaired) electrons. The average Bonchev–Trinajstić information content (AvgIpc) is 0.849. The van der Waals surface area contributed by atoms with Crippen LogP contribution in [-0.4, -0.2) is 35.8 Å². The van der Waals surface area contributed by atoms with E-state index in [4.69, 9.17) is 68.4 Å². The Kier molecular flexibility index (Phi) is 46.9. The highest BCUT2D eigenvalue weighted by Crippen LogP contribution is 2.38. The Morgan fingerprint density at radius 2 is 0.527 bits per heavy atom. The summed E-state index contributed by atoms with van der Waals surface area (Å²) in [5.41, 5.74) is 12.2. The third-order valence-electron chi connectivity index (χ3n) is 18.5. The molecule has 0 saturated heterocycles. The van der Waals surface area contributed by atoms with Gasteiger partial charge in [-0.1, -0.05) is 160 Å². The fourth-order valence-electron chi connectivity index (χ4n) is 11.2. The zero-order valence-electron chi connectivity index (χ0n) is 74.5. The van der Waals surface area contributed by atoms with Crippen LogP contribution < -0.4 is 56.8 Å². The van der Waals surface area contributed by atoms with Gasteiger partial charge in [0.2, 0.25) is 0 Å². The van der Waals surface area contributed by atoms with E-state index in [1.807, 2.05) is 206 Å². The van der Waals surface area contributed by atoms with Gasteiger partial charge in [-0.15, -0.1) is 0 Å². The highest BCUT2D eigenvalue weighted by atomic mass is 127. The summed E-state index contributed by atoms with van der Waals surface area (Å²) in [7, 11) is 0. The first kappa shape index (κ1) is 109. The van der Waals surface area contributed by atoms with Gasteiger partial charge in [0.25, 0.3) is 0 Å². The second kappa shape index (κ2) is 56.6. The van der Waals surface area contributed by atoms with Crippen LogP contribution in [0.1, 0.15) is 152 Å². The van der Waals surface area contributed by atoms with Crippen molar-refractivity contribution in [3.05, 3.63) is 342 Å². The quantitative estimate of drug-likeness (QED) is 0.0232. The molecule has 0 atom stereocenters. The summed E-state index contributed by atoms with van der Waals surface area (Å²) in [5, 5.41) is 0.504. The molecule has 0 spiro atoms. The molecule has 18 nitrogen and oxygen atoms in total. The number of hydrogen-bond donors (Lipinski definition) is 0. The largest absolute Gasteiger partial charge is 0.488 e. The summed E-state index contributed by atoms with van der Waals surface area (Å²) in [6, 6.07) is 68.8. The van der Waals surface area contributed by atoms with Gasteiger partial charge in [-0.3, -0.25) is 28.8 Å². The molecule has 0 saturated carbocycles. The van der Waals surface area contributed by atoms with Crippen molar-refractivity contribution in [3.8, 4) is 69.0 Å². The standard InChI is InChI=1S/C18H19BrO3.C17H16Br2O3.C17H16BrClO3.C17H16BrFO3.C17H16BrIO3.C17H17BrO3/c1-4-18(20)22-16-7-5-6-13(3)14(16)11-21-17-9-8-12(2)10-15(17)19;1-3-17(20)22-15-6-4-5-13(18)12(15)10-21-16-8-7-11(2)9-14(16)19;3*1-3-17(20)22-15-6-4-5-14(19)12(15)10-21-16-8-7-11(2)9-13(16)18;1-3-17(19)21-15-7-5-4-6-13(15)11-20-16-9-8-12(2)10-14(16)18/h5-10H,4,11H2,1-3H3;4*4-9H,3,10H2,1-2H3;4-10H,3,11H2,1-2H3. The second-order valence-electron chi connectivity index (χ2n) is 28.8. The van der Waals surface area contributed by atoms with E-state index in [9.17, 15) is 33.2 Å². The molecule has 0 aromatic heterocycles. The maximum Gasteiger partial charge on any atom is 0.310 e. The van der Waals surface area contributed by atoms with Gasteiger partial charge in [0.1, 0.15) is 114 Å². The van der Waals surface area contributed by atoms with Gasteiger partial charge in [0.15, 0.2) is 0 Å². The van der Waals surface area contributed by atoms with Crippen molar-refractivity contribution < 1.29 is 90.0 Å². The minimum Gasteiger partial charge on any atom is -0.488 e. The number of carbonyl (C=O) groups is 6. The van der Waals surface area contributed by atoms with Crippen LogP contribution >= 0.6 is 146 Å². The lowest BCUT2D eigenvalue weighted by Crippen LogP contribution is -2.10. The molecule has 0 aliphatic rings. The Morgan fingerprint density at radius 3 is 0.893 bits per heavy atom. The van der Waals surface area contributed by atoms with Gasteiger partial charge in [0, 0.05) is 68.8 Å². The number of hydrogen-bond acceptors (Lipinski definition) is 18. The normalized spacial score (nSPS) is 10.3. The minimum atomic E-state index is -0.468. The molecule has 28 heteroatoms. The number of benzene rings is 12. The number of esters is 6. The van der Waals surface area contributed by atoms with Crippen LogP contribution in [0.5, 0.6) is 69.0 Å². The molecule has 0 aliphatic carbocycles. The summed E-state index contributed by atoms with van der Waals surface area (Å²) in [6.07, 6.45) is 1.89. The number of rotatable bonds is 30. The highest BCUT2D eigenvalue weighted by molar-refractivity contribution is 14.1. The first-order valence-corrected chi connectivity index (χ1v) is 48.5. The molecule has 690 valence electrons. The maximum absolute atomic E-state index is 14.0. The van der Waals surface area contributed by atoms with Gasteiger partial charge in [0.05, 0.1) is 43.0 Å². The van der Waals surface area contributed by atoms with E-state index in [-0.39, 0.29) is 60.8 Å². The molecule has 0 aliphatic heterocycles. The van der Waals surface area contributed by atoms with Gasteiger partial charge < -0.3 is 56.8 Å². The molecule has 0 heterocycles. The van der Waals surface area contributed by atoms with Crippen molar-refractivity contribution in [2.45, 2.75) is 168 Å². The van der Waals surface area contributed by atoms with Crippen molar-refractivity contribution in [1.82, 2.24) is 0 Å². The lowest BCUT2D eigenvalue weighted by atomic mass is 10.1. The number of para-hydroxylation sites is 1. The Balaban J connectivity index is 0.000000215. The Morgan fingerprint density at radius 1 is 0.267 bits per heavy atom. The third kappa shape index (κ3) is 36.5. The molecule has 131 heavy (non-hydrogen) atoms. The van der Waals surface area contributed by atoms with Gasteiger partial charge in [-0.05, 0) is 339 Å². The van der Waals surface area contributed by atoms with Crippen LogP contribution in [0.3, 0.4) is 0 Å². The van der Waals surface area contributed by atoms with Gasteiger partial charge in [-0.2, -0.15) is 0 Å². The first-order valence-electron chi connectivity index (χ1n) is 41.5. The molecular weight excluding hydrogens is 2270 g/mol. The fourth-order valence-corrected chi connectivity index (χ4v) is 16.1. The van der Waals surface area contributed by atoms with E-state index in [1.54, 1.807) is 96.1 Å². The molecule has 0 unspecified atom stereocenters. The molecule has 12 rings (SSSR count). The monoisotopic (exact) mass is 2360 g/mol. The molecule has 0 amide bonds. The van der Waals surface area contributed by atoms with Crippen LogP contribution in [0, 0.1) is 57.9 Å². The predicted molar refractivity (Wildman–Crippen MR) is 544 cm³/mol. The number of aryl methyl sites for hydroxylation is 7. The van der Waals surface area contributed by atoms with Crippen molar-refractivity contribution in [1.29, 1.82) is 0 Å². The third-order valence-corrected chi connectivity index (χ3v) is 24.3. The second-order valence-corrected chi connectivity index (χ2v) is 36.4. The lowest BCUT2D eigenvalue weighted by molar-refractivity contribution is -0.135. The van der Waals surface area contributed by atoms with E-state index < -0.39 is 11.8 Å². The van der Waals surface area contributed by atoms with E-state index in [0.717, 1.165) is 119 Å². The van der Waals surface area contributed by atoms with E-state index in [0.29, 0.717) is 109 Å². The Bertz CT molecular complexity index is 5210. The van der Waals surface area contributed by atoms with Crippen LogP contribution in [0.4, 0.5) is 4.39 Å². The van der Waals surface area contributed by atoms with Crippen LogP contribution in [-0.2, 0) is 68.4 Å².